The van der Waals surface area contributed by atoms with Crippen molar-refractivity contribution in [3.63, 3.8) is 0 Å². The summed E-state index contributed by atoms with van der Waals surface area (Å²) in [4.78, 5) is 29.1. The van der Waals surface area contributed by atoms with E-state index in [1.807, 2.05) is 19.1 Å². The summed E-state index contributed by atoms with van der Waals surface area (Å²) in [5, 5.41) is 7.31. The van der Waals surface area contributed by atoms with Crippen molar-refractivity contribution in [3.05, 3.63) is 89.1 Å². The molecule has 12 heteroatoms. The normalized spacial score (nSPS) is 11.4. The summed E-state index contributed by atoms with van der Waals surface area (Å²) in [7, 11) is -2.48. The van der Waals surface area contributed by atoms with Crippen molar-refractivity contribution in [3.8, 4) is 5.75 Å². The van der Waals surface area contributed by atoms with Crippen LogP contribution in [0.2, 0.25) is 5.02 Å². The number of anilines is 2. The van der Waals surface area contributed by atoms with E-state index in [4.69, 9.17) is 22.1 Å². The number of carbonyl (C=O) groups excluding carboxylic acids is 2. The number of para-hydroxylation sites is 1. The van der Waals surface area contributed by atoms with E-state index in [1.54, 1.807) is 42.5 Å². The van der Waals surface area contributed by atoms with Crippen LogP contribution in [0.1, 0.15) is 22.5 Å². The van der Waals surface area contributed by atoms with Crippen LogP contribution in [0.3, 0.4) is 0 Å². The van der Waals surface area contributed by atoms with Gasteiger partial charge in [-0.25, -0.2) is 8.42 Å². The predicted octanol–water partition coefficient (Wildman–Crippen LogP) is 4.44. The molecule has 4 aromatic rings. The number of primary amides is 1. The number of nitrogens with two attached hydrogens (primary N) is 1. The lowest BCUT2D eigenvalue weighted by Gasteiger charge is -2.23. The lowest BCUT2D eigenvalue weighted by molar-refractivity contribution is -0.116. The third-order valence-electron chi connectivity index (χ3n) is 6.33. The van der Waals surface area contributed by atoms with E-state index in [2.05, 4.69) is 15.6 Å². The number of hydrogen-bond acceptors (Lipinski definition) is 7. The first kappa shape index (κ1) is 29.8. The van der Waals surface area contributed by atoms with E-state index in [9.17, 15) is 18.0 Å². The van der Waals surface area contributed by atoms with Gasteiger partial charge < -0.3 is 21.1 Å². The second-order valence-electron chi connectivity index (χ2n) is 9.19. The summed E-state index contributed by atoms with van der Waals surface area (Å²) in [5.74, 6) is -0.633. The Labute approximate surface area is 243 Å². The highest BCUT2D eigenvalue weighted by atomic mass is 35.5. The first-order valence-corrected chi connectivity index (χ1v) is 14.5. The predicted molar refractivity (Wildman–Crippen MR) is 160 cm³/mol. The summed E-state index contributed by atoms with van der Waals surface area (Å²) < 4.78 is 33.7. The van der Waals surface area contributed by atoms with Crippen molar-refractivity contribution in [1.82, 2.24) is 9.29 Å². The number of aryl methyl sites for hydroxylation is 1. The first-order valence-electron chi connectivity index (χ1n) is 12.7. The molecule has 0 spiro atoms. The zero-order valence-electron chi connectivity index (χ0n) is 22.6. The van der Waals surface area contributed by atoms with Crippen LogP contribution in [-0.2, 0) is 14.8 Å². The molecule has 10 nitrogen and oxygen atoms in total. The minimum atomic E-state index is -3.98. The van der Waals surface area contributed by atoms with Gasteiger partial charge >= 0.3 is 0 Å². The van der Waals surface area contributed by atoms with E-state index < -0.39 is 21.8 Å². The minimum absolute atomic E-state index is 0.0585. The van der Waals surface area contributed by atoms with Crippen LogP contribution in [0.15, 0.2) is 77.7 Å². The Hall–Kier alpha value is -4.19. The summed E-state index contributed by atoms with van der Waals surface area (Å²) in [6.07, 6.45) is -0.157. The maximum atomic E-state index is 13.6. The lowest BCUT2D eigenvalue weighted by atomic mass is 10.1. The molecule has 0 bridgehead atoms. The fourth-order valence-corrected chi connectivity index (χ4v) is 5.90. The Bertz CT molecular complexity index is 1680. The van der Waals surface area contributed by atoms with Gasteiger partial charge in [-0.15, -0.1) is 0 Å². The van der Waals surface area contributed by atoms with Gasteiger partial charge in [-0.2, -0.15) is 4.31 Å². The Morgan fingerprint density at radius 1 is 1.00 bits per heavy atom. The van der Waals surface area contributed by atoms with Gasteiger partial charge in [-0.05, 0) is 67.6 Å². The molecule has 0 aliphatic carbocycles. The maximum absolute atomic E-state index is 13.6. The molecule has 0 unspecified atom stereocenters. The number of pyridine rings is 1. The molecule has 0 atom stereocenters. The largest absolute Gasteiger partial charge is 0.497 e. The number of nitrogens with one attached hydrogen (secondary N) is 2. The third kappa shape index (κ3) is 7.31. The fourth-order valence-electron chi connectivity index (χ4n) is 4.29. The molecule has 1 heterocycles. The van der Waals surface area contributed by atoms with Crippen LogP contribution >= 0.6 is 11.6 Å². The number of benzene rings is 3. The smallest absolute Gasteiger partial charge is 0.250 e. The molecule has 0 saturated carbocycles. The number of methoxy groups -OCH3 is 1. The molecule has 214 valence electrons. The summed E-state index contributed by atoms with van der Waals surface area (Å²) in [6.45, 7) is 2.06. The minimum Gasteiger partial charge on any atom is -0.497 e. The number of ether oxygens (including phenoxy) is 1. The third-order valence-corrected chi connectivity index (χ3v) is 8.48. The maximum Gasteiger partial charge on any atom is 0.250 e. The topological polar surface area (TPSA) is 144 Å². The Morgan fingerprint density at radius 2 is 1.73 bits per heavy atom. The highest BCUT2D eigenvalue weighted by molar-refractivity contribution is 7.89. The van der Waals surface area contributed by atoms with Crippen molar-refractivity contribution in [2.24, 2.45) is 5.73 Å². The SMILES string of the molecule is COc1ccc(S(=O)(=O)N(CCNc2cc(C)nc3ccc(Cl)cc23)CCC(=O)Nc2ccccc2C(N)=O)cc1. The number of aromatic nitrogens is 1. The number of amides is 2. The van der Waals surface area contributed by atoms with Crippen molar-refractivity contribution in [1.29, 1.82) is 0 Å². The molecule has 1 aromatic heterocycles. The van der Waals surface area contributed by atoms with E-state index >= 15 is 0 Å². The van der Waals surface area contributed by atoms with Gasteiger partial charge in [0.05, 0.1) is 28.8 Å². The fraction of sp³-hybridized carbons (Fsp3) is 0.207. The molecule has 0 aliphatic rings. The Morgan fingerprint density at radius 3 is 2.44 bits per heavy atom. The van der Waals surface area contributed by atoms with Crippen LogP contribution in [-0.4, -0.2) is 56.3 Å². The van der Waals surface area contributed by atoms with Crippen molar-refractivity contribution in [2.45, 2.75) is 18.2 Å². The van der Waals surface area contributed by atoms with Gasteiger partial charge in [0.15, 0.2) is 0 Å². The van der Waals surface area contributed by atoms with Gasteiger partial charge in [0, 0.05) is 47.8 Å². The van der Waals surface area contributed by atoms with Crippen LogP contribution in [0, 0.1) is 6.92 Å². The lowest BCUT2D eigenvalue weighted by Crippen LogP contribution is -2.37. The molecule has 2 amide bonds. The molecule has 0 saturated heterocycles. The zero-order valence-corrected chi connectivity index (χ0v) is 24.1. The first-order chi connectivity index (χ1) is 19.6. The number of rotatable bonds is 12. The van der Waals surface area contributed by atoms with Gasteiger partial charge in [0.2, 0.25) is 15.9 Å². The summed E-state index contributed by atoms with van der Waals surface area (Å²) in [6, 6.07) is 19.6. The molecule has 4 N–H and O–H groups in total. The Kier molecular flexibility index (Phi) is 9.43. The van der Waals surface area contributed by atoms with Crippen LogP contribution < -0.4 is 21.1 Å². The van der Waals surface area contributed by atoms with Crippen molar-refractivity contribution < 1.29 is 22.7 Å². The number of nitrogens with zero attached hydrogens (tertiary/aromatic N) is 2. The number of halogens is 1. The zero-order chi connectivity index (χ0) is 29.6. The van der Waals surface area contributed by atoms with E-state index in [0.29, 0.717) is 10.8 Å². The summed E-state index contributed by atoms with van der Waals surface area (Å²) >= 11 is 6.20. The van der Waals surface area contributed by atoms with Crippen molar-refractivity contribution >= 4 is 55.7 Å². The quantitative estimate of drug-likeness (QED) is 0.220. The summed E-state index contributed by atoms with van der Waals surface area (Å²) in [5.41, 5.74) is 8.13. The monoisotopic (exact) mass is 595 g/mol. The van der Waals surface area contributed by atoms with Gasteiger partial charge in [0.25, 0.3) is 5.91 Å². The number of fused-ring (bicyclic) bond motifs is 1. The number of sulfonamides is 1. The van der Waals surface area contributed by atoms with Crippen molar-refractivity contribution in [2.75, 3.05) is 37.4 Å². The van der Waals surface area contributed by atoms with Crippen LogP contribution in [0.25, 0.3) is 10.9 Å². The van der Waals surface area contributed by atoms with Crippen LogP contribution in [0.4, 0.5) is 11.4 Å². The molecular formula is C29H30ClN5O5S. The molecular weight excluding hydrogens is 566 g/mol. The molecule has 4 rings (SSSR count). The van der Waals surface area contributed by atoms with E-state index in [0.717, 1.165) is 22.3 Å². The standard InChI is InChI=1S/C29H30ClN5O5S/c1-19-17-27(24-18-20(30)7-12-26(24)33-19)32-14-16-35(41(38,39)22-10-8-21(40-2)9-11-22)15-13-28(36)34-25-6-4-3-5-23(25)29(31)37/h3-12,17-18H,13-16H2,1-2H3,(H2,31,37)(H,32,33)(H,34,36). The number of hydrogen-bond donors (Lipinski definition) is 3. The molecule has 0 radical (unpaired) electrons. The second kappa shape index (κ2) is 13.0. The highest BCUT2D eigenvalue weighted by Gasteiger charge is 2.25. The average molecular weight is 596 g/mol. The molecule has 0 aliphatic heterocycles. The van der Waals surface area contributed by atoms with E-state index in [1.165, 1.54) is 29.6 Å². The number of carbonyl (C=O) groups is 2. The van der Waals surface area contributed by atoms with Gasteiger partial charge in [-0.3, -0.25) is 14.6 Å². The molecule has 41 heavy (non-hydrogen) atoms. The van der Waals surface area contributed by atoms with Gasteiger partial charge in [0.1, 0.15) is 5.75 Å². The second-order valence-corrected chi connectivity index (χ2v) is 11.6. The Balaban J connectivity index is 1.53. The molecule has 0 fully saturated rings. The average Bonchev–Trinajstić information content (AvgIpc) is 2.95. The molecule has 3 aromatic carbocycles. The van der Waals surface area contributed by atoms with E-state index in [-0.39, 0.29) is 42.2 Å². The van der Waals surface area contributed by atoms with Gasteiger partial charge in [-0.1, -0.05) is 23.7 Å². The highest BCUT2D eigenvalue weighted by Crippen LogP contribution is 2.26. The van der Waals surface area contributed by atoms with Crippen LogP contribution in [0.5, 0.6) is 5.75 Å².